The van der Waals surface area contributed by atoms with Gasteiger partial charge < -0.3 is 11.1 Å². The molecule has 0 heterocycles. The predicted octanol–water partition coefficient (Wildman–Crippen LogP) is 4.72. The van der Waals surface area contributed by atoms with Crippen LogP contribution in [0.15, 0.2) is 24.3 Å². The second-order valence-corrected chi connectivity index (χ2v) is 7.68. The molecule has 1 amide bonds. The fraction of sp³-hybridized carbons (Fsp3) is 0.682. The van der Waals surface area contributed by atoms with E-state index in [1.807, 2.05) is 0 Å². The molecule has 1 aliphatic carbocycles. The third-order valence-corrected chi connectivity index (χ3v) is 5.52. The van der Waals surface area contributed by atoms with E-state index in [0.29, 0.717) is 6.04 Å². The van der Waals surface area contributed by atoms with Gasteiger partial charge >= 0.3 is 0 Å². The summed E-state index contributed by atoms with van der Waals surface area (Å²) in [6.45, 7) is 3.15. The highest BCUT2D eigenvalue weighted by molar-refractivity contribution is 5.76. The highest BCUT2D eigenvalue weighted by Crippen LogP contribution is 2.25. The molecule has 2 atom stereocenters. The predicted molar refractivity (Wildman–Crippen MR) is 105 cm³/mol. The summed E-state index contributed by atoms with van der Waals surface area (Å²) < 4.78 is 0. The van der Waals surface area contributed by atoms with E-state index in [0.717, 1.165) is 25.8 Å². The van der Waals surface area contributed by atoms with Gasteiger partial charge in [0.15, 0.2) is 0 Å². The first-order chi connectivity index (χ1) is 12.2. The summed E-state index contributed by atoms with van der Waals surface area (Å²) in [5.74, 6) is -0.0686. The summed E-state index contributed by atoms with van der Waals surface area (Å²) >= 11 is 0. The number of carbonyl (C=O) groups is 1. The molecule has 1 fully saturated rings. The first-order valence-electron chi connectivity index (χ1n) is 10.3. The number of aryl methyl sites for hydroxylation is 1. The summed E-state index contributed by atoms with van der Waals surface area (Å²) in [6.07, 6.45) is 13.7. The fourth-order valence-corrected chi connectivity index (χ4v) is 3.80. The van der Waals surface area contributed by atoms with Crippen molar-refractivity contribution in [2.75, 3.05) is 0 Å². The van der Waals surface area contributed by atoms with Gasteiger partial charge in [0.25, 0.3) is 0 Å². The van der Waals surface area contributed by atoms with E-state index in [1.54, 1.807) is 0 Å². The number of nitrogens with one attached hydrogen (secondary N) is 1. The van der Waals surface area contributed by atoms with Gasteiger partial charge in [-0.15, -0.1) is 0 Å². The molecule has 1 aromatic carbocycles. The lowest BCUT2D eigenvalue weighted by atomic mass is 10.0. The van der Waals surface area contributed by atoms with Crippen LogP contribution in [0.2, 0.25) is 0 Å². The minimum absolute atomic E-state index is 0.0712. The van der Waals surface area contributed by atoms with Crippen LogP contribution >= 0.6 is 0 Å². The first kappa shape index (κ1) is 20.0. The molecule has 1 aromatic rings. The van der Waals surface area contributed by atoms with E-state index in [4.69, 9.17) is 5.73 Å². The molecule has 140 valence electrons. The lowest BCUT2D eigenvalue weighted by Crippen LogP contribution is -2.28. The highest BCUT2D eigenvalue weighted by Gasteiger charge is 2.27. The lowest BCUT2D eigenvalue weighted by molar-refractivity contribution is -0.121. The molecule has 25 heavy (non-hydrogen) atoms. The Morgan fingerprint density at radius 3 is 2.28 bits per heavy atom. The van der Waals surface area contributed by atoms with Crippen LogP contribution in [0.4, 0.5) is 0 Å². The summed E-state index contributed by atoms with van der Waals surface area (Å²) in [6, 6.07) is 9.46. The van der Waals surface area contributed by atoms with E-state index in [1.165, 1.54) is 62.5 Å². The fourth-order valence-electron chi connectivity index (χ4n) is 3.80. The number of hydrogen-bond donors (Lipinski definition) is 2. The maximum Gasteiger partial charge on any atom is 0.220 e. The Hall–Kier alpha value is -1.35. The van der Waals surface area contributed by atoms with Crippen LogP contribution in [0.3, 0.4) is 0 Å². The van der Waals surface area contributed by atoms with Crippen LogP contribution in [-0.4, -0.2) is 11.9 Å². The number of hydrogen-bond acceptors (Lipinski definition) is 2. The van der Waals surface area contributed by atoms with Gasteiger partial charge in [0.2, 0.25) is 5.91 Å². The van der Waals surface area contributed by atoms with Gasteiger partial charge in [0.05, 0.1) is 0 Å². The van der Waals surface area contributed by atoms with Gasteiger partial charge in [0.1, 0.15) is 0 Å². The lowest BCUT2D eigenvalue weighted by Gasteiger charge is -2.13. The first-order valence-corrected chi connectivity index (χ1v) is 10.3. The number of amides is 1. The third-order valence-electron chi connectivity index (χ3n) is 5.52. The minimum Gasteiger partial charge on any atom is -0.369 e. The SMILES string of the molecule is CCCCCCCCCc1ccc(CNC2CCC(C(N)=O)C2)cc1. The third kappa shape index (κ3) is 7.60. The number of rotatable bonds is 12. The molecule has 0 radical (unpaired) electrons. The normalized spacial score (nSPS) is 20.0. The quantitative estimate of drug-likeness (QED) is 0.539. The van der Waals surface area contributed by atoms with Crippen molar-refractivity contribution in [1.82, 2.24) is 5.32 Å². The highest BCUT2D eigenvalue weighted by atomic mass is 16.1. The number of nitrogens with two attached hydrogens (primary N) is 1. The number of unbranched alkanes of at least 4 members (excludes halogenated alkanes) is 6. The maximum absolute atomic E-state index is 11.2. The molecule has 0 saturated heterocycles. The van der Waals surface area contributed by atoms with Crippen molar-refractivity contribution in [3.05, 3.63) is 35.4 Å². The Morgan fingerprint density at radius 2 is 1.64 bits per heavy atom. The van der Waals surface area contributed by atoms with Crippen molar-refractivity contribution >= 4 is 5.91 Å². The zero-order chi connectivity index (χ0) is 17.9. The second-order valence-electron chi connectivity index (χ2n) is 7.68. The van der Waals surface area contributed by atoms with Crippen LogP contribution in [-0.2, 0) is 17.8 Å². The smallest absolute Gasteiger partial charge is 0.220 e. The molecule has 2 unspecified atom stereocenters. The summed E-state index contributed by atoms with van der Waals surface area (Å²) in [7, 11) is 0. The number of primary amides is 1. The van der Waals surface area contributed by atoms with E-state index < -0.39 is 0 Å². The van der Waals surface area contributed by atoms with E-state index >= 15 is 0 Å². The topological polar surface area (TPSA) is 55.1 Å². The van der Waals surface area contributed by atoms with Crippen LogP contribution < -0.4 is 11.1 Å². The van der Waals surface area contributed by atoms with Gasteiger partial charge in [-0.25, -0.2) is 0 Å². The molecule has 0 aromatic heterocycles. The van der Waals surface area contributed by atoms with Gasteiger partial charge in [-0.1, -0.05) is 69.7 Å². The average Bonchev–Trinajstić information content (AvgIpc) is 3.09. The van der Waals surface area contributed by atoms with Crippen LogP contribution in [0.25, 0.3) is 0 Å². The molecule has 2 rings (SSSR count). The molecule has 0 spiro atoms. The summed E-state index contributed by atoms with van der Waals surface area (Å²) in [4.78, 5) is 11.2. The number of carbonyl (C=O) groups excluding carboxylic acids is 1. The van der Waals surface area contributed by atoms with E-state index in [9.17, 15) is 4.79 Å². The van der Waals surface area contributed by atoms with Crippen LogP contribution in [0, 0.1) is 5.92 Å². The minimum atomic E-state index is -0.140. The standard InChI is InChI=1S/C22H36N2O/c1-2-3-4-5-6-7-8-9-18-10-12-19(13-11-18)17-24-21-15-14-20(16-21)22(23)25/h10-13,20-21,24H,2-9,14-17H2,1H3,(H2,23,25). The van der Waals surface area contributed by atoms with Crippen molar-refractivity contribution in [2.45, 2.75) is 90.1 Å². The molecule has 1 saturated carbocycles. The van der Waals surface area contributed by atoms with Gasteiger partial charge in [-0.2, -0.15) is 0 Å². The Labute approximate surface area is 153 Å². The molecular formula is C22H36N2O. The molecular weight excluding hydrogens is 308 g/mol. The van der Waals surface area contributed by atoms with Crippen LogP contribution in [0.1, 0.15) is 82.3 Å². The Kier molecular flexibility index (Phi) is 9.03. The molecule has 0 bridgehead atoms. The van der Waals surface area contributed by atoms with Gasteiger partial charge in [-0.05, 0) is 43.2 Å². The van der Waals surface area contributed by atoms with Gasteiger partial charge in [0, 0.05) is 18.5 Å². The van der Waals surface area contributed by atoms with Gasteiger partial charge in [-0.3, -0.25) is 4.79 Å². The van der Waals surface area contributed by atoms with E-state index in [2.05, 4.69) is 36.5 Å². The largest absolute Gasteiger partial charge is 0.369 e. The zero-order valence-corrected chi connectivity index (χ0v) is 15.9. The molecule has 1 aliphatic rings. The second kappa shape index (κ2) is 11.3. The molecule has 3 nitrogen and oxygen atoms in total. The van der Waals surface area contributed by atoms with Crippen molar-refractivity contribution in [1.29, 1.82) is 0 Å². The zero-order valence-electron chi connectivity index (χ0n) is 15.9. The van der Waals surface area contributed by atoms with Crippen molar-refractivity contribution in [3.8, 4) is 0 Å². The average molecular weight is 345 g/mol. The van der Waals surface area contributed by atoms with E-state index in [-0.39, 0.29) is 11.8 Å². The van der Waals surface area contributed by atoms with Crippen LogP contribution in [0.5, 0.6) is 0 Å². The Balaban J connectivity index is 1.59. The monoisotopic (exact) mass is 344 g/mol. The van der Waals surface area contributed by atoms with Crippen molar-refractivity contribution in [2.24, 2.45) is 11.7 Å². The Morgan fingerprint density at radius 1 is 1.00 bits per heavy atom. The summed E-state index contributed by atoms with van der Waals surface area (Å²) in [5, 5.41) is 3.57. The molecule has 3 heteroatoms. The van der Waals surface area contributed by atoms with Crippen molar-refractivity contribution < 1.29 is 4.79 Å². The maximum atomic E-state index is 11.2. The summed E-state index contributed by atoms with van der Waals surface area (Å²) in [5.41, 5.74) is 8.17. The Bertz CT molecular complexity index is 497. The molecule has 0 aliphatic heterocycles. The molecule has 3 N–H and O–H groups in total. The number of benzene rings is 1. The van der Waals surface area contributed by atoms with Crippen molar-refractivity contribution in [3.63, 3.8) is 0 Å².